The molecular weight excluding hydrogens is 296 g/mol. The highest BCUT2D eigenvalue weighted by molar-refractivity contribution is 6.29. The molecule has 0 aliphatic heterocycles. The Morgan fingerprint density at radius 1 is 1.48 bits per heavy atom. The van der Waals surface area contributed by atoms with Gasteiger partial charge in [0.2, 0.25) is 0 Å². The number of nitrogens with zero attached hydrogens (tertiary/aromatic N) is 2. The largest absolute Gasteiger partial charge is 0.383 e. The summed E-state index contributed by atoms with van der Waals surface area (Å²) < 4.78 is 10.2. The molecule has 1 rings (SSSR count). The van der Waals surface area contributed by atoms with Gasteiger partial charge in [-0.05, 0) is 19.1 Å². The molecule has 0 bridgehead atoms. The van der Waals surface area contributed by atoms with Gasteiger partial charge < -0.3 is 19.8 Å². The number of hydrogen-bond acceptors (Lipinski definition) is 6. The van der Waals surface area contributed by atoms with E-state index in [4.69, 9.17) is 26.9 Å². The molecule has 1 heterocycles. The second-order valence-electron chi connectivity index (χ2n) is 4.50. The molecule has 0 saturated carbocycles. The molecule has 21 heavy (non-hydrogen) atoms. The first-order valence-electron chi connectivity index (χ1n) is 6.46. The van der Waals surface area contributed by atoms with Crippen LogP contribution in [0.15, 0.2) is 12.1 Å². The van der Waals surface area contributed by atoms with E-state index in [-0.39, 0.29) is 17.1 Å². The average Bonchev–Trinajstić information content (AvgIpc) is 2.47. The number of anilines is 1. The van der Waals surface area contributed by atoms with E-state index in [1.807, 2.05) is 6.92 Å². The van der Waals surface area contributed by atoms with Crippen LogP contribution in [-0.4, -0.2) is 55.8 Å². The SMILES string of the molecule is COCCN(C(=O)c1cc(Cl)nc(NN)c1)C(C)COC. The summed E-state index contributed by atoms with van der Waals surface area (Å²) in [6.45, 7) is 3.21. The summed E-state index contributed by atoms with van der Waals surface area (Å²) in [5.74, 6) is 5.46. The third-order valence-corrected chi connectivity index (χ3v) is 3.12. The lowest BCUT2D eigenvalue weighted by molar-refractivity contribution is 0.0479. The molecule has 8 heteroatoms. The Hall–Kier alpha value is -1.41. The molecule has 1 unspecified atom stereocenters. The zero-order valence-electron chi connectivity index (χ0n) is 12.4. The zero-order chi connectivity index (χ0) is 15.8. The quantitative estimate of drug-likeness (QED) is 0.425. The summed E-state index contributed by atoms with van der Waals surface area (Å²) in [6, 6.07) is 2.95. The van der Waals surface area contributed by atoms with Crippen LogP contribution in [0.2, 0.25) is 5.15 Å². The van der Waals surface area contributed by atoms with Gasteiger partial charge in [0.05, 0.1) is 19.3 Å². The minimum atomic E-state index is -0.183. The first-order chi connectivity index (χ1) is 10.0. The Balaban J connectivity index is 3.00. The number of carbonyl (C=O) groups excluding carboxylic acids is 1. The fourth-order valence-electron chi connectivity index (χ4n) is 1.90. The number of rotatable bonds is 8. The molecule has 1 aromatic heterocycles. The van der Waals surface area contributed by atoms with E-state index in [0.717, 1.165) is 0 Å². The first kappa shape index (κ1) is 17.6. The van der Waals surface area contributed by atoms with Crippen LogP contribution in [0.25, 0.3) is 0 Å². The van der Waals surface area contributed by atoms with E-state index in [1.54, 1.807) is 25.2 Å². The number of amides is 1. The Bertz CT molecular complexity index is 473. The highest BCUT2D eigenvalue weighted by Gasteiger charge is 2.22. The maximum absolute atomic E-state index is 12.6. The third kappa shape index (κ3) is 5.13. The molecule has 0 spiro atoms. The average molecular weight is 317 g/mol. The van der Waals surface area contributed by atoms with Crippen molar-refractivity contribution in [2.45, 2.75) is 13.0 Å². The highest BCUT2D eigenvalue weighted by Crippen LogP contribution is 2.17. The Kier molecular flexibility index (Phi) is 7.38. The summed E-state index contributed by atoms with van der Waals surface area (Å²) in [4.78, 5) is 18.3. The minimum absolute atomic E-state index is 0.0983. The number of ether oxygens (including phenoxy) is 2. The maximum Gasteiger partial charge on any atom is 0.254 e. The topological polar surface area (TPSA) is 89.7 Å². The Labute approximate surface area is 129 Å². The van der Waals surface area contributed by atoms with Gasteiger partial charge in [-0.15, -0.1) is 0 Å². The van der Waals surface area contributed by atoms with Crippen molar-refractivity contribution >= 4 is 23.3 Å². The van der Waals surface area contributed by atoms with Gasteiger partial charge in [-0.25, -0.2) is 10.8 Å². The van der Waals surface area contributed by atoms with Crippen molar-refractivity contribution in [2.75, 3.05) is 39.4 Å². The van der Waals surface area contributed by atoms with Crippen molar-refractivity contribution in [1.29, 1.82) is 0 Å². The van der Waals surface area contributed by atoms with Gasteiger partial charge >= 0.3 is 0 Å². The lowest BCUT2D eigenvalue weighted by Gasteiger charge is -2.28. The fourth-order valence-corrected chi connectivity index (χ4v) is 2.11. The molecule has 0 aliphatic carbocycles. The number of methoxy groups -OCH3 is 2. The number of carbonyl (C=O) groups is 1. The van der Waals surface area contributed by atoms with Crippen LogP contribution >= 0.6 is 11.6 Å². The molecule has 0 aliphatic rings. The van der Waals surface area contributed by atoms with Gasteiger partial charge in [-0.1, -0.05) is 11.6 Å². The number of hydrogen-bond donors (Lipinski definition) is 2. The van der Waals surface area contributed by atoms with Gasteiger partial charge in [0.1, 0.15) is 11.0 Å². The van der Waals surface area contributed by atoms with Gasteiger partial charge in [0, 0.05) is 26.3 Å². The van der Waals surface area contributed by atoms with Crippen molar-refractivity contribution in [2.24, 2.45) is 5.84 Å². The molecule has 0 radical (unpaired) electrons. The molecule has 1 atom stereocenters. The van der Waals surface area contributed by atoms with E-state index in [9.17, 15) is 4.79 Å². The van der Waals surface area contributed by atoms with Crippen LogP contribution in [0.5, 0.6) is 0 Å². The summed E-state index contributed by atoms with van der Waals surface area (Å²) in [6.07, 6.45) is 0. The molecule has 7 nitrogen and oxygen atoms in total. The van der Waals surface area contributed by atoms with Crippen molar-refractivity contribution in [3.05, 3.63) is 22.8 Å². The van der Waals surface area contributed by atoms with Crippen LogP contribution in [0.4, 0.5) is 5.82 Å². The number of hydrazine groups is 1. The molecule has 118 valence electrons. The van der Waals surface area contributed by atoms with Crippen molar-refractivity contribution in [1.82, 2.24) is 9.88 Å². The minimum Gasteiger partial charge on any atom is -0.383 e. The normalized spacial score (nSPS) is 12.0. The molecule has 0 fully saturated rings. The van der Waals surface area contributed by atoms with E-state index in [2.05, 4.69) is 10.4 Å². The first-order valence-corrected chi connectivity index (χ1v) is 6.84. The van der Waals surface area contributed by atoms with E-state index < -0.39 is 0 Å². The molecule has 0 saturated heterocycles. The van der Waals surface area contributed by atoms with E-state index >= 15 is 0 Å². The predicted molar refractivity (Wildman–Crippen MR) is 81.3 cm³/mol. The standard InChI is InChI=1S/C13H21ClN4O3/c1-9(8-21-3)18(4-5-20-2)13(19)10-6-11(14)16-12(7-10)17-15/h6-7,9H,4-5,8,15H2,1-3H3,(H,16,17). The van der Waals surface area contributed by atoms with Gasteiger partial charge in [0.15, 0.2) is 0 Å². The third-order valence-electron chi connectivity index (χ3n) is 2.93. The maximum atomic E-state index is 12.6. The van der Waals surface area contributed by atoms with Crippen LogP contribution in [0.3, 0.4) is 0 Å². The number of pyridine rings is 1. The second kappa shape index (κ2) is 8.78. The van der Waals surface area contributed by atoms with Gasteiger partial charge in [-0.2, -0.15) is 0 Å². The number of aromatic nitrogens is 1. The number of nitrogens with one attached hydrogen (secondary N) is 1. The summed E-state index contributed by atoms with van der Waals surface area (Å²) in [7, 11) is 3.18. The van der Waals surface area contributed by atoms with Crippen LogP contribution in [0, 0.1) is 0 Å². The summed E-state index contributed by atoms with van der Waals surface area (Å²) >= 11 is 5.90. The Morgan fingerprint density at radius 2 is 2.19 bits per heavy atom. The van der Waals surface area contributed by atoms with Crippen molar-refractivity contribution < 1.29 is 14.3 Å². The summed E-state index contributed by atoms with van der Waals surface area (Å²) in [5, 5.41) is 0.194. The van der Waals surface area contributed by atoms with Crippen molar-refractivity contribution in [3.63, 3.8) is 0 Å². The lowest BCUT2D eigenvalue weighted by Crippen LogP contribution is -2.43. The smallest absolute Gasteiger partial charge is 0.254 e. The number of nitrogens with two attached hydrogens (primary N) is 1. The lowest BCUT2D eigenvalue weighted by atomic mass is 10.2. The highest BCUT2D eigenvalue weighted by atomic mass is 35.5. The van der Waals surface area contributed by atoms with Crippen molar-refractivity contribution in [3.8, 4) is 0 Å². The summed E-state index contributed by atoms with van der Waals surface area (Å²) in [5.41, 5.74) is 2.79. The zero-order valence-corrected chi connectivity index (χ0v) is 13.2. The molecule has 1 amide bonds. The number of halogens is 1. The van der Waals surface area contributed by atoms with Crippen LogP contribution in [-0.2, 0) is 9.47 Å². The monoisotopic (exact) mass is 316 g/mol. The number of nitrogen functional groups attached to an aromatic ring is 1. The fraction of sp³-hybridized carbons (Fsp3) is 0.538. The molecule has 3 N–H and O–H groups in total. The molecule has 0 aromatic carbocycles. The Morgan fingerprint density at radius 3 is 2.76 bits per heavy atom. The van der Waals surface area contributed by atoms with E-state index in [0.29, 0.717) is 31.1 Å². The van der Waals surface area contributed by atoms with Gasteiger partial charge in [-0.3, -0.25) is 4.79 Å². The predicted octanol–water partition coefficient (Wildman–Crippen LogP) is 1.14. The van der Waals surface area contributed by atoms with Crippen LogP contribution in [0.1, 0.15) is 17.3 Å². The second-order valence-corrected chi connectivity index (χ2v) is 4.89. The molecule has 1 aromatic rings. The molecular formula is C13H21ClN4O3. The van der Waals surface area contributed by atoms with Gasteiger partial charge in [0.25, 0.3) is 5.91 Å². The van der Waals surface area contributed by atoms with Crippen LogP contribution < -0.4 is 11.3 Å². The van der Waals surface area contributed by atoms with E-state index in [1.165, 1.54) is 6.07 Å².